The van der Waals surface area contributed by atoms with Gasteiger partial charge in [-0.1, -0.05) is 36.4 Å². The highest BCUT2D eigenvalue weighted by atomic mass is 16.5. The molecule has 0 aliphatic carbocycles. The summed E-state index contributed by atoms with van der Waals surface area (Å²) in [4.78, 5) is 35.8. The van der Waals surface area contributed by atoms with Crippen LogP contribution in [0.2, 0.25) is 0 Å². The third-order valence-electron chi connectivity index (χ3n) is 7.77. The van der Waals surface area contributed by atoms with Gasteiger partial charge >= 0.3 is 0 Å². The molecule has 1 atom stereocenters. The minimum absolute atomic E-state index is 0.186. The van der Waals surface area contributed by atoms with Crippen molar-refractivity contribution in [2.75, 3.05) is 37.7 Å². The Kier molecular flexibility index (Phi) is 8.96. The van der Waals surface area contributed by atoms with Crippen LogP contribution in [0.5, 0.6) is 0 Å². The number of morpholine rings is 1. The van der Waals surface area contributed by atoms with Gasteiger partial charge in [-0.2, -0.15) is 5.10 Å². The Morgan fingerprint density at radius 2 is 1.76 bits per heavy atom. The fraction of sp³-hybridized carbons (Fsp3) is 0.265. The van der Waals surface area contributed by atoms with Crippen molar-refractivity contribution in [3.63, 3.8) is 0 Å². The quantitative estimate of drug-likeness (QED) is 0.172. The lowest BCUT2D eigenvalue weighted by Crippen LogP contribution is -2.36. The summed E-state index contributed by atoms with van der Waals surface area (Å²) < 4.78 is 7.38. The summed E-state index contributed by atoms with van der Waals surface area (Å²) in [6, 6.07) is 20.5. The minimum atomic E-state index is -0.661. The molecular weight excluding hydrogens is 568 g/mol. The van der Waals surface area contributed by atoms with Crippen molar-refractivity contribution in [3.05, 3.63) is 89.9 Å². The first-order chi connectivity index (χ1) is 22.0. The maximum atomic E-state index is 12.8. The van der Waals surface area contributed by atoms with E-state index in [0.29, 0.717) is 61.6 Å². The van der Waals surface area contributed by atoms with Crippen molar-refractivity contribution >= 4 is 34.1 Å². The van der Waals surface area contributed by atoms with Crippen molar-refractivity contribution in [2.45, 2.75) is 25.3 Å². The Hall–Kier alpha value is -5.31. The van der Waals surface area contributed by atoms with Crippen molar-refractivity contribution in [1.82, 2.24) is 24.9 Å². The Bertz CT molecular complexity index is 1900. The molecule has 1 fully saturated rings. The van der Waals surface area contributed by atoms with E-state index >= 15 is 0 Å². The van der Waals surface area contributed by atoms with Gasteiger partial charge in [0.05, 0.1) is 36.7 Å². The number of aromatic nitrogens is 4. The van der Waals surface area contributed by atoms with Gasteiger partial charge in [0.25, 0.3) is 5.91 Å². The van der Waals surface area contributed by atoms with Crippen LogP contribution in [-0.2, 0) is 9.53 Å². The molecule has 0 saturated carbocycles. The molecule has 11 nitrogen and oxygen atoms in total. The van der Waals surface area contributed by atoms with E-state index in [-0.39, 0.29) is 5.91 Å². The third-order valence-corrected chi connectivity index (χ3v) is 7.77. The van der Waals surface area contributed by atoms with Crippen molar-refractivity contribution in [3.8, 4) is 23.1 Å². The van der Waals surface area contributed by atoms with E-state index in [2.05, 4.69) is 27.2 Å². The molecule has 4 heterocycles. The summed E-state index contributed by atoms with van der Waals surface area (Å²) in [6.45, 7) is 3.27. The normalized spacial score (nSPS) is 13.8. The Morgan fingerprint density at radius 1 is 0.956 bits per heavy atom. The molecule has 0 spiro atoms. The number of para-hydroxylation sites is 1. The fourth-order valence-electron chi connectivity index (χ4n) is 5.31. The molecule has 3 aromatic heterocycles. The first-order valence-electron chi connectivity index (χ1n) is 15.0. The Balaban J connectivity index is 1.29. The largest absolute Gasteiger partial charge is 0.378 e. The zero-order chi connectivity index (χ0) is 31.2. The molecule has 5 N–H and O–H groups in total. The molecule has 0 bridgehead atoms. The number of amides is 2. The number of unbranched alkanes of at least 4 members (excludes halogenated alkanes) is 1. The van der Waals surface area contributed by atoms with Gasteiger partial charge in [0.15, 0.2) is 5.65 Å². The van der Waals surface area contributed by atoms with E-state index in [9.17, 15) is 9.59 Å². The standard InChI is InChI=1S/C34H34N8O3/c35-27(32(36)43)6-3-4-17-37-34(44)25-10-8-24(9-11-25)31-29(15-14-26-13-12-23-5-1-2-7-28(23)39-26)40-33-30(16-18-38-42(31)33)41-19-21-45-22-20-41/h1-2,5,7-13,16,18,27H,3-4,6,17,19-22,35H2,(H2,36,43)(H,37,44)/t27-/m0/s1. The lowest BCUT2D eigenvalue weighted by Gasteiger charge is -2.28. The second-order valence-electron chi connectivity index (χ2n) is 10.8. The summed E-state index contributed by atoms with van der Waals surface area (Å²) in [6.07, 6.45) is 3.64. The van der Waals surface area contributed by atoms with Gasteiger partial charge in [-0.3, -0.25) is 9.59 Å². The maximum absolute atomic E-state index is 12.8. The molecule has 228 valence electrons. The first-order valence-corrected chi connectivity index (χ1v) is 15.0. The van der Waals surface area contributed by atoms with Crippen LogP contribution in [-0.4, -0.2) is 70.3 Å². The Morgan fingerprint density at radius 3 is 2.56 bits per heavy atom. The monoisotopic (exact) mass is 602 g/mol. The number of ether oxygens (including phenoxy) is 1. The second-order valence-corrected chi connectivity index (χ2v) is 10.8. The van der Waals surface area contributed by atoms with Crippen LogP contribution in [0.3, 0.4) is 0 Å². The molecule has 1 saturated heterocycles. The van der Waals surface area contributed by atoms with E-state index in [0.717, 1.165) is 40.9 Å². The second kappa shape index (κ2) is 13.5. The number of nitrogens with zero attached hydrogens (tertiary/aromatic N) is 5. The van der Waals surface area contributed by atoms with Crippen molar-refractivity contribution in [1.29, 1.82) is 0 Å². The van der Waals surface area contributed by atoms with E-state index in [1.54, 1.807) is 18.3 Å². The number of nitrogens with one attached hydrogen (secondary N) is 1. The van der Waals surface area contributed by atoms with Crippen LogP contribution in [0.4, 0.5) is 5.69 Å². The van der Waals surface area contributed by atoms with Gasteiger partial charge in [0, 0.05) is 36.1 Å². The lowest BCUT2D eigenvalue weighted by molar-refractivity contribution is -0.119. The average Bonchev–Trinajstić information content (AvgIpc) is 3.46. The summed E-state index contributed by atoms with van der Waals surface area (Å²) in [5, 5.41) is 8.63. The summed E-state index contributed by atoms with van der Waals surface area (Å²) >= 11 is 0. The number of carbonyl (C=O) groups excluding carboxylic acids is 2. The fourth-order valence-corrected chi connectivity index (χ4v) is 5.31. The molecule has 45 heavy (non-hydrogen) atoms. The highest BCUT2D eigenvalue weighted by Crippen LogP contribution is 2.29. The molecule has 0 unspecified atom stereocenters. The summed E-state index contributed by atoms with van der Waals surface area (Å²) in [7, 11) is 0. The number of pyridine rings is 1. The van der Waals surface area contributed by atoms with E-state index < -0.39 is 11.9 Å². The van der Waals surface area contributed by atoms with Crippen molar-refractivity contribution < 1.29 is 14.3 Å². The molecule has 2 amide bonds. The van der Waals surface area contributed by atoms with E-state index in [1.807, 2.05) is 59.1 Å². The van der Waals surface area contributed by atoms with Crippen LogP contribution >= 0.6 is 0 Å². The molecule has 2 aromatic carbocycles. The summed E-state index contributed by atoms with van der Waals surface area (Å²) in [5.41, 5.74) is 16.7. The molecule has 6 rings (SSSR count). The number of hydrogen-bond acceptors (Lipinski definition) is 8. The smallest absolute Gasteiger partial charge is 0.251 e. The van der Waals surface area contributed by atoms with Gasteiger partial charge in [0.1, 0.15) is 17.1 Å². The number of carbonyl (C=O) groups is 2. The topological polar surface area (TPSA) is 154 Å². The molecule has 0 radical (unpaired) electrons. The predicted octanol–water partition coefficient (Wildman–Crippen LogP) is 2.89. The maximum Gasteiger partial charge on any atom is 0.251 e. The average molecular weight is 603 g/mol. The van der Waals surface area contributed by atoms with Crippen LogP contribution in [0.25, 0.3) is 27.8 Å². The van der Waals surface area contributed by atoms with Gasteiger partial charge in [-0.05, 0) is 61.4 Å². The van der Waals surface area contributed by atoms with Gasteiger partial charge in [-0.25, -0.2) is 14.5 Å². The number of imidazole rings is 1. The third kappa shape index (κ3) is 6.77. The van der Waals surface area contributed by atoms with E-state index in [4.69, 9.17) is 26.2 Å². The minimum Gasteiger partial charge on any atom is -0.378 e. The van der Waals surface area contributed by atoms with Gasteiger partial charge in [-0.15, -0.1) is 0 Å². The van der Waals surface area contributed by atoms with Crippen LogP contribution < -0.4 is 21.7 Å². The van der Waals surface area contributed by atoms with Crippen LogP contribution in [0.15, 0.2) is 72.9 Å². The highest BCUT2D eigenvalue weighted by Gasteiger charge is 2.21. The number of benzene rings is 2. The number of hydrogen-bond donors (Lipinski definition) is 3. The van der Waals surface area contributed by atoms with E-state index in [1.165, 1.54) is 0 Å². The van der Waals surface area contributed by atoms with Crippen LogP contribution in [0.1, 0.15) is 41.0 Å². The zero-order valence-electron chi connectivity index (χ0n) is 24.8. The molecule has 1 aliphatic heterocycles. The highest BCUT2D eigenvalue weighted by molar-refractivity contribution is 5.94. The Labute approximate surface area is 260 Å². The van der Waals surface area contributed by atoms with Gasteiger partial charge < -0.3 is 26.4 Å². The zero-order valence-corrected chi connectivity index (χ0v) is 24.8. The number of anilines is 1. The molecule has 11 heteroatoms. The molecule has 1 aliphatic rings. The lowest BCUT2D eigenvalue weighted by atomic mass is 10.1. The summed E-state index contributed by atoms with van der Waals surface area (Å²) in [5.74, 6) is 5.76. The van der Waals surface area contributed by atoms with Crippen LogP contribution in [0, 0.1) is 11.8 Å². The van der Waals surface area contributed by atoms with Gasteiger partial charge in [0.2, 0.25) is 5.91 Å². The first kappa shape index (κ1) is 29.7. The number of primary amides is 1. The van der Waals surface area contributed by atoms with Crippen molar-refractivity contribution in [2.24, 2.45) is 11.5 Å². The number of fused-ring (bicyclic) bond motifs is 2. The molecular formula is C34H34N8O3. The molecule has 5 aromatic rings. The number of nitrogens with two attached hydrogens (primary N) is 2. The SMILES string of the molecule is NC(=O)[C@@H](N)CCCCNC(=O)c1ccc(-c2c(C#Cc3ccc4ccccc4n3)nc3c(N4CCOCC4)ccnn23)cc1. The predicted molar refractivity (Wildman–Crippen MR) is 173 cm³/mol. The number of rotatable bonds is 9.